The van der Waals surface area contributed by atoms with Gasteiger partial charge in [0, 0.05) is 11.0 Å². The van der Waals surface area contributed by atoms with Crippen LogP contribution in [0.25, 0.3) is 0 Å². The van der Waals surface area contributed by atoms with Crippen LogP contribution in [0.4, 0.5) is 0 Å². The first-order valence-electron chi connectivity index (χ1n) is 5.91. The van der Waals surface area contributed by atoms with Crippen LogP contribution in [0.5, 0.6) is 0 Å². The van der Waals surface area contributed by atoms with E-state index in [-0.39, 0.29) is 6.10 Å². The molecule has 0 bridgehead atoms. The molecule has 0 aliphatic heterocycles. The zero-order valence-corrected chi connectivity index (χ0v) is 11.6. The number of nitrogens with two attached hydrogens (primary N) is 1. The summed E-state index contributed by atoms with van der Waals surface area (Å²) in [5.41, 5.74) is 8.02. The Morgan fingerprint density at radius 1 is 1.00 bits per heavy atom. The first-order valence-corrected chi connectivity index (χ1v) is 6.70. The number of benzene rings is 2. The Bertz CT molecular complexity index is 487. The molecule has 0 aliphatic carbocycles. The number of halogens is 1. The van der Waals surface area contributed by atoms with E-state index in [1.54, 1.807) is 0 Å². The van der Waals surface area contributed by atoms with E-state index in [1.807, 2.05) is 54.6 Å². The van der Waals surface area contributed by atoms with Gasteiger partial charge in [0.15, 0.2) is 0 Å². The maximum Gasteiger partial charge on any atom is 0.0951 e. The monoisotopic (exact) mass is 305 g/mol. The Labute approximate surface area is 116 Å². The van der Waals surface area contributed by atoms with Gasteiger partial charge in [-0.15, -0.1) is 0 Å². The van der Waals surface area contributed by atoms with Gasteiger partial charge in [-0.25, -0.2) is 0 Å². The number of ether oxygens (including phenoxy) is 1. The van der Waals surface area contributed by atoms with Gasteiger partial charge >= 0.3 is 0 Å². The highest BCUT2D eigenvalue weighted by molar-refractivity contribution is 9.10. The minimum Gasteiger partial charge on any atom is -0.367 e. The Balaban J connectivity index is 2.02. The summed E-state index contributed by atoms with van der Waals surface area (Å²) in [6, 6.07) is 18.1. The predicted octanol–water partition coefficient (Wildman–Crippen LogP) is 3.67. The summed E-state index contributed by atoms with van der Waals surface area (Å²) in [4.78, 5) is 0. The van der Waals surface area contributed by atoms with Gasteiger partial charge in [0.25, 0.3) is 0 Å². The van der Waals surface area contributed by atoms with Crippen molar-refractivity contribution in [2.24, 2.45) is 5.73 Å². The Morgan fingerprint density at radius 2 is 1.67 bits per heavy atom. The average molecular weight is 306 g/mol. The number of rotatable bonds is 5. The molecule has 0 saturated carbocycles. The minimum atomic E-state index is -0.0571. The highest BCUT2D eigenvalue weighted by Gasteiger charge is 2.10. The van der Waals surface area contributed by atoms with Gasteiger partial charge in [-0.3, -0.25) is 0 Å². The van der Waals surface area contributed by atoms with Gasteiger partial charge in [0.2, 0.25) is 0 Å². The summed E-state index contributed by atoms with van der Waals surface area (Å²) >= 11 is 3.51. The van der Waals surface area contributed by atoms with E-state index in [0.717, 1.165) is 15.6 Å². The molecule has 0 heterocycles. The van der Waals surface area contributed by atoms with E-state index in [0.29, 0.717) is 13.2 Å². The van der Waals surface area contributed by atoms with Gasteiger partial charge < -0.3 is 10.5 Å². The molecule has 1 atom stereocenters. The molecule has 0 fully saturated rings. The Morgan fingerprint density at radius 3 is 2.33 bits per heavy atom. The summed E-state index contributed by atoms with van der Waals surface area (Å²) in [7, 11) is 0. The molecule has 2 rings (SSSR count). The third kappa shape index (κ3) is 3.42. The number of hydrogen-bond donors (Lipinski definition) is 1. The second kappa shape index (κ2) is 6.69. The zero-order chi connectivity index (χ0) is 12.8. The Kier molecular flexibility index (Phi) is 4.93. The summed E-state index contributed by atoms with van der Waals surface area (Å²) in [6.07, 6.45) is -0.0571. The molecule has 94 valence electrons. The van der Waals surface area contributed by atoms with Crippen LogP contribution < -0.4 is 5.73 Å². The molecular formula is C15H16BrNO. The maximum atomic E-state index is 5.89. The molecule has 3 heteroatoms. The molecule has 0 radical (unpaired) electrons. The van der Waals surface area contributed by atoms with Crippen LogP contribution in [0.15, 0.2) is 59.1 Å². The second-order valence-electron chi connectivity index (χ2n) is 4.04. The maximum absolute atomic E-state index is 5.89. The summed E-state index contributed by atoms with van der Waals surface area (Å²) in [5, 5.41) is 0. The van der Waals surface area contributed by atoms with Crippen molar-refractivity contribution in [2.45, 2.75) is 12.7 Å². The largest absolute Gasteiger partial charge is 0.367 e. The van der Waals surface area contributed by atoms with E-state index in [1.165, 1.54) is 0 Å². The lowest BCUT2D eigenvalue weighted by atomic mass is 10.1. The third-order valence-corrected chi connectivity index (χ3v) is 3.56. The fraction of sp³-hybridized carbons (Fsp3) is 0.200. The smallest absolute Gasteiger partial charge is 0.0951 e. The van der Waals surface area contributed by atoms with Crippen molar-refractivity contribution in [3.05, 3.63) is 70.2 Å². The molecule has 0 saturated heterocycles. The van der Waals surface area contributed by atoms with Crippen molar-refractivity contribution in [3.8, 4) is 0 Å². The minimum absolute atomic E-state index is 0.0571. The van der Waals surface area contributed by atoms with Crippen LogP contribution in [-0.4, -0.2) is 6.54 Å². The molecule has 0 aromatic heterocycles. The van der Waals surface area contributed by atoms with Gasteiger partial charge in [-0.05, 0) is 17.2 Å². The summed E-state index contributed by atoms with van der Waals surface area (Å²) in [5.74, 6) is 0. The van der Waals surface area contributed by atoms with Crippen LogP contribution in [0.3, 0.4) is 0 Å². The number of hydrogen-bond acceptors (Lipinski definition) is 2. The summed E-state index contributed by atoms with van der Waals surface area (Å²) in [6.45, 7) is 1.03. The van der Waals surface area contributed by atoms with Crippen molar-refractivity contribution < 1.29 is 4.74 Å². The van der Waals surface area contributed by atoms with Crippen LogP contribution in [0, 0.1) is 0 Å². The Hall–Kier alpha value is -1.16. The van der Waals surface area contributed by atoms with Crippen LogP contribution in [-0.2, 0) is 11.3 Å². The molecule has 0 aliphatic rings. The van der Waals surface area contributed by atoms with E-state index < -0.39 is 0 Å². The van der Waals surface area contributed by atoms with Crippen LogP contribution in [0.1, 0.15) is 17.2 Å². The molecule has 2 N–H and O–H groups in total. The quantitative estimate of drug-likeness (QED) is 0.915. The van der Waals surface area contributed by atoms with Gasteiger partial charge in [-0.2, -0.15) is 0 Å². The lowest BCUT2D eigenvalue weighted by molar-refractivity contribution is 0.0453. The van der Waals surface area contributed by atoms with Crippen molar-refractivity contribution in [2.75, 3.05) is 6.54 Å². The molecule has 2 aromatic rings. The fourth-order valence-corrected chi connectivity index (χ4v) is 2.17. The molecule has 0 spiro atoms. The average Bonchev–Trinajstić information content (AvgIpc) is 2.42. The molecule has 2 nitrogen and oxygen atoms in total. The fourth-order valence-electron chi connectivity index (χ4n) is 1.77. The first kappa shape index (κ1) is 13.3. The van der Waals surface area contributed by atoms with Gasteiger partial charge in [-0.1, -0.05) is 64.5 Å². The van der Waals surface area contributed by atoms with Crippen molar-refractivity contribution in [1.29, 1.82) is 0 Å². The molecule has 18 heavy (non-hydrogen) atoms. The molecule has 1 unspecified atom stereocenters. The lowest BCUT2D eigenvalue weighted by Crippen LogP contribution is -2.15. The third-order valence-electron chi connectivity index (χ3n) is 2.78. The molecular weight excluding hydrogens is 290 g/mol. The molecule has 0 amide bonds. The van der Waals surface area contributed by atoms with Crippen molar-refractivity contribution in [1.82, 2.24) is 0 Å². The van der Waals surface area contributed by atoms with Crippen LogP contribution in [0.2, 0.25) is 0 Å². The van der Waals surface area contributed by atoms with Gasteiger partial charge in [0.05, 0.1) is 12.7 Å². The molecule has 2 aromatic carbocycles. The standard InChI is InChI=1S/C15H16BrNO/c16-14-9-5-4-8-13(14)11-18-15(10-17)12-6-2-1-3-7-12/h1-9,15H,10-11,17H2. The normalized spacial score (nSPS) is 12.3. The predicted molar refractivity (Wildman–Crippen MR) is 77.2 cm³/mol. The first-order chi connectivity index (χ1) is 8.81. The zero-order valence-electron chi connectivity index (χ0n) is 10.1. The second-order valence-corrected chi connectivity index (χ2v) is 4.89. The topological polar surface area (TPSA) is 35.2 Å². The van der Waals surface area contributed by atoms with Crippen molar-refractivity contribution >= 4 is 15.9 Å². The lowest BCUT2D eigenvalue weighted by Gasteiger charge is -2.17. The van der Waals surface area contributed by atoms with E-state index >= 15 is 0 Å². The highest BCUT2D eigenvalue weighted by atomic mass is 79.9. The van der Waals surface area contributed by atoms with Gasteiger partial charge in [0.1, 0.15) is 0 Å². The van der Waals surface area contributed by atoms with E-state index in [4.69, 9.17) is 10.5 Å². The summed E-state index contributed by atoms with van der Waals surface area (Å²) < 4.78 is 6.95. The van der Waals surface area contributed by atoms with Crippen molar-refractivity contribution in [3.63, 3.8) is 0 Å². The SMILES string of the molecule is NCC(OCc1ccccc1Br)c1ccccc1. The highest BCUT2D eigenvalue weighted by Crippen LogP contribution is 2.21. The van der Waals surface area contributed by atoms with E-state index in [9.17, 15) is 0 Å². The van der Waals surface area contributed by atoms with E-state index in [2.05, 4.69) is 15.9 Å². The van der Waals surface area contributed by atoms with Crippen LogP contribution >= 0.6 is 15.9 Å².